The Hall–Kier alpha value is -3.88. The zero-order valence-electron chi connectivity index (χ0n) is 18.6. The predicted octanol–water partition coefficient (Wildman–Crippen LogP) is 6.12. The summed E-state index contributed by atoms with van der Waals surface area (Å²) in [6.07, 6.45) is 3.19. The van der Waals surface area contributed by atoms with Gasteiger partial charge in [0, 0.05) is 55.9 Å². The van der Waals surface area contributed by atoms with Gasteiger partial charge in [0.1, 0.15) is 17.5 Å². The minimum Gasteiger partial charge on any atom is -0.341 e. The Morgan fingerprint density at radius 3 is 2.44 bits per heavy atom. The maximum atomic E-state index is 14.1. The third kappa shape index (κ3) is 4.53. The minimum atomic E-state index is -0.842. The van der Waals surface area contributed by atoms with Crippen molar-refractivity contribution in [3.8, 4) is 11.1 Å². The van der Waals surface area contributed by atoms with Crippen molar-refractivity contribution in [2.24, 2.45) is 0 Å². The second kappa shape index (κ2) is 9.29. The second-order valence-corrected chi connectivity index (χ2v) is 9.03. The predicted molar refractivity (Wildman–Crippen MR) is 132 cm³/mol. The molecule has 0 fully saturated rings. The fraction of sp³-hybridized carbons (Fsp3) is 0.0769. The fourth-order valence-corrected chi connectivity index (χ4v) is 4.54. The van der Waals surface area contributed by atoms with Crippen LogP contribution in [0.1, 0.15) is 43.7 Å². The third-order valence-corrected chi connectivity index (χ3v) is 6.31. The Morgan fingerprint density at radius 1 is 0.972 bits per heavy atom. The van der Waals surface area contributed by atoms with Gasteiger partial charge in [-0.25, -0.2) is 18.7 Å². The van der Waals surface area contributed by atoms with Gasteiger partial charge in [-0.2, -0.15) is 0 Å². The lowest BCUT2D eigenvalue weighted by Gasteiger charge is -2.19. The molecule has 3 aromatic carbocycles. The Bertz CT molecular complexity index is 1520. The monoisotopic (exact) mass is 524 g/mol. The number of nitrogens with one attached hydrogen (secondary N) is 2. The van der Waals surface area contributed by atoms with Crippen LogP contribution < -0.4 is 10.6 Å². The molecule has 1 aromatic heterocycles. The van der Waals surface area contributed by atoms with Gasteiger partial charge in [-0.05, 0) is 61.0 Å². The van der Waals surface area contributed by atoms with E-state index in [1.165, 1.54) is 24.3 Å². The molecule has 6 nitrogen and oxygen atoms in total. The number of amides is 2. The topological polar surface area (TPSA) is 84.0 Å². The Labute approximate surface area is 214 Å². The van der Waals surface area contributed by atoms with Crippen molar-refractivity contribution < 1.29 is 18.4 Å². The maximum Gasteiger partial charge on any atom is 0.255 e. The van der Waals surface area contributed by atoms with Crippen LogP contribution in [0.15, 0.2) is 60.9 Å². The summed E-state index contributed by atoms with van der Waals surface area (Å²) < 4.78 is 28.0. The highest BCUT2D eigenvalue weighted by Crippen LogP contribution is 2.41. The third-order valence-electron chi connectivity index (χ3n) is 5.75. The van der Waals surface area contributed by atoms with Crippen molar-refractivity contribution in [1.29, 1.82) is 0 Å². The molecule has 2 heterocycles. The highest BCUT2D eigenvalue weighted by molar-refractivity contribution is 6.31. The van der Waals surface area contributed by atoms with Crippen LogP contribution in [0.2, 0.25) is 10.0 Å². The number of fused-ring (bicyclic) bond motifs is 1. The smallest absolute Gasteiger partial charge is 0.255 e. The van der Waals surface area contributed by atoms with E-state index in [0.29, 0.717) is 28.1 Å². The SMILES string of the molecule is Cc1ncc(-c2cc(NC(=O)c3cc(F)cc(Cl)c3)c3c(c2)C(=O)NC3c2cc(F)ccc2Cl)cn1. The quantitative estimate of drug-likeness (QED) is 0.336. The molecule has 0 saturated heterocycles. The van der Waals surface area contributed by atoms with Crippen molar-refractivity contribution in [3.05, 3.63) is 111 Å². The Balaban J connectivity index is 1.67. The molecule has 1 unspecified atom stereocenters. The molecule has 2 amide bonds. The summed E-state index contributed by atoms with van der Waals surface area (Å²) in [6, 6.07) is 9.71. The van der Waals surface area contributed by atoms with Crippen molar-refractivity contribution >= 4 is 40.7 Å². The van der Waals surface area contributed by atoms with Crippen LogP contribution in [0.5, 0.6) is 0 Å². The highest BCUT2D eigenvalue weighted by Gasteiger charge is 2.35. The van der Waals surface area contributed by atoms with Gasteiger partial charge >= 0.3 is 0 Å². The molecule has 5 rings (SSSR count). The van der Waals surface area contributed by atoms with Gasteiger partial charge in [0.25, 0.3) is 11.8 Å². The van der Waals surface area contributed by atoms with Gasteiger partial charge < -0.3 is 10.6 Å². The number of rotatable bonds is 4. The molecule has 2 N–H and O–H groups in total. The van der Waals surface area contributed by atoms with E-state index in [1.807, 2.05) is 0 Å². The first-order valence-corrected chi connectivity index (χ1v) is 11.5. The molecule has 4 aromatic rings. The second-order valence-electron chi connectivity index (χ2n) is 8.19. The number of aryl methyl sites for hydroxylation is 1. The molecule has 0 bridgehead atoms. The van der Waals surface area contributed by atoms with Crippen LogP contribution in [0.3, 0.4) is 0 Å². The van der Waals surface area contributed by atoms with Crippen LogP contribution >= 0.6 is 23.2 Å². The lowest BCUT2D eigenvalue weighted by molar-refractivity contribution is 0.0959. The molecule has 36 heavy (non-hydrogen) atoms. The molecule has 180 valence electrons. The normalized spacial score (nSPS) is 14.4. The fourth-order valence-electron chi connectivity index (χ4n) is 4.09. The number of carbonyl (C=O) groups excluding carboxylic acids is 2. The zero-order chi connectivity index (χ0) is 25.6. The van der Waals surface area contributed by atoms with Crippen molar-refractivity contribution in [1.82, 2.24) is 15.3 Å². The van der Waals surface area contributed by atoms with Gasteiger partial charge in [0.2, 0.25) is 0 Å². The van der Waals surface area contributed by atoms with Gasteiger partial charge in [-0.1, -0.05) is 23.2 Å². The van der Waals surface area contributed by atoms with E-state index >= 15 is 0 Å². The van der Waals surface area contributed by atoms with E-state index < -0.39 is 29.5 Å². The number of halogens is 4. The number of hydrogen-bond donors (Lipinski definition) is 2. The van der Waals surface area contributed by atoms with E-state index in [0.717, 1.165) is 12.1 Å². The number of aromatic nitrogens is 2. The molecule has 0 spiro atoms. The number of anilines is 1. The summed E-state index contributed by atoms with van der Waals surface area (Å²) in [4.78, 5) is 34.5. The molecule has 0 radical (unpaired) electrons. The Morgan fingerprint density at radius 2 is 1.72 bits per heavy atom. The summed E-state index contributed by atoms with van der Waals surface area (Å²) in [5, 5.41) is 5.85. The summed E-state index contributed by atoms with van der Waals surface area (Å²) >= 11 is 12.3. The Kier molecular flexibility index (Phi) is 6.15. The molecule has 1 aliphatic heterocycles. The highest BCUT2D eigenvalue weighted by atomic mass is 35.5. The molecule has 10 heteroatoms. The van der Waals surface area contributed by atoms with Crippen LogP contribution in [0.25, 0.3) is 11.1 Å². The van der Waals surface area contributed by atoms with Crippen molar-refractivity contribution in [3.63, 3.8) is 0 Å². The molecular formula is C26H16Cl2F2N4O2. The molecule has 0 aliphatic carbocycles. The molecule has 0 saturated carbocycles. The number of hydrogen-bond acceptors (Lipinski definition) is 4. The average Bonchev–Trinajstić information content (AvgIpc) is 3.17. The molecule has 1 aliphatic rings. The van der Waals surface area contributed by atoms with E-state index in [4.69, 9.17) is 23.2 Å². The van der Waals surface area contributed by atoms with Crippen LogP contribution in [-0.2, 0) is 0 Å². The maximum absolute atomic E-state index is 14.1. The van der Waals surface area contributed by atoms with Crippen molar-refractivity contribution in [2.75, 3.05) is 5.32 Å². The lowest BCUT2D eigenvalue weighted by Crippen LogP contribution is -2.21. The first-order valence-electron chi connectivity index (χ1n) is 10.7. The number of benzene rings is 3. The standard InChI is InChI=1S/C26H16Cl2F2N4O2/c1-12-31-10-15(11-32-12)13-6-20-23(24(34-26(20)36)19-9-17(29)2-3-21(19)28)22(7-13)33-25(35)14-4-16(27)8-18(30)5-14/h2-11,24H,1H3,(H,33,35)(H,34,36). The first-order chi connectivity index (χ1) is 17.2. The van der Waals surface area contributed by atoms with E-state index in [2.05, 4.69) is 20.6 Å². The van der Waals surface area contributed by atoms with E-state index in [-0.39, 0.29) is 26.9 Å². The van der Waals surface area contributed by atoms with E-state index in [1.54, 1.807) is 31.5 Å². The summed E-state index contributed by atoms with van der Waals surface area (Å²) in [5.41, 5.74) is 2.35. The number of nitrogens with zero attached hydrogens (tertiary/aromatic N) is 2. The number of carbonyl (C=O) groups is 2. The largest absolute Gasteiger partial charge is 0.341 e. The van der Waals surface area contributed by atoms with Gasteiger partial charge in [-0.3, -0.25) is 9.59 Å². The van der Waals surface area contributed by atoms with Crippen LogP contribution in [0.4, 0.5) is 14.5 Å². The van der Waals surface area contributed by atoms with Gasteiger partial charge in [0.15, 0.2) is 0 Å². The summed E-state index contributed by atoms with van der Waals surface area (Å²) in [5.74, 6) is -1.74. The van der Waals surface area contributed by atoms with E-state index in [9.17, 15) is 18.4 Å². The van der Waals surface area contributed by atoms with Gasteiger partial charge in [0.05, 0.1) is 6.04 Å². The molecular weight excluding hydrogens is 509 g/mol. The lowest BCUT2D eigenvalue weighted by atomic mass is 9.93. The minimum absolute atomic E-state index is 0.0181. The van der Waals surface area contributed by atoms with Crippen molar-refractivity contribution in [2.45, 2.75) is 13.0 Å². The molecule has 1 atom stereocenters. The first kappa shape index (κ1) is 23.8. The van der Waals surface area contributed by atoms with Crippen LogP contribution in [0, 0.1) is 18.6 Å². The van der Waals surface area contributed by atoms with Crippen LogP contribution in [-0.4, -0.2) is 21.8 Å². The average molecular weight is 525 g/mol. The zero-order valence-corrected chi connectivity index (χ0v) is 20.1. The summed E-state index contributed by atoms with van der Waals surface area (Å²) in [7, 11) is 0. The van der Waals surface area contributed by atoms with Gasteiger partial charge in [-0.15, -0.1) is 0 Å². The summed E-state index contributed by atoms with van der Waals surface area (Å²) in [6.45, 7) is 1.74.